The Bertz CT molecular complexity index is 1560. The van der Waals surface area contributed by atoms with Crippen LogP contribution in [0.4, 0.5) is 0 Å². The number of hydrazone groups is 2. The second-order valence-corrected chi connectivity index (χ2v) is 11.6. The molecule has 0 saturated carbocycles. The molecule has 15 heteroatoms. The molecule has 0 aliphatic heterocycles. The van der Waals surface area contributed by atoms with Crippen molar-refractivity contribution in [2.24, 2.45) is 10.2 Å². The molecule has 4 aromatic carbocycles. The molecular formula is C28H18Br4N4O6Zn. The van der Waals surface area contributed by atoms with Crippen LogP contribution in [-0.2, 0) is 19.5 Å². The zero-order valence-corrected chi connectivity index (χ0v) is 31.0. The Balaban J connectivity index is 0.000000293. The Morgan fingerprint density at radius 3 is 1.35 bits per heavy atom. The standard InChI is InChI=1S/2C14H10Br2N2O3.Zn/c2*15-9-5-8(13(20)11(16)6-9)7-17-18-14(21)10-3-1-2-4-12(10)19;/h2*1-7,19-20H,(H,18,21);/q;;+2/p-2/b17-7+;17-7-;. The first-order valence-electron chi connectivity index (χ1n) is 11.5. The molecule has 0 bridgehead atoms. The Hall–Kier alpha value is -3.10. The van der Waals surface area contributed by atoms with E-state index in [9.17, 15) is 30.0 Å². The average molecular weight is 891 g/mol. The fourth-order valence-corrected chi connectivity index (χ4v) is 5.64. The smallest absolute Gasteiger partial charge is 0.871 e. The van der Waals surface area contributed by atoms with Gasteiger partial charge in [0.1, 0.15) is 11.5 Å². The number of benzene rings is 4. The van der Waals surface area contributed by atoms with Crippen LogP contribution < -0.4 is 21.1 Å². The van der Waals surface area contributed by atoms with Gasteiger partial charge in [0.25, 0.3) is 11.8 Å². The summed E-state index contributed by atoms with van der Waals surface area (Å²) in [5, 5.41) is 50.1. The van der Waals surface area contributed by atoms with E-state index in [-0.39, 0.29) is 53.6 Å². The third-order valence-corrected chi connectivity index (χ3v) is 7.20. The molecule has 10 nitrogen and oxygen atoms in total. The number of para-hydroxylation sites is 2. The number of rotatable bonds is 6. The van der Waals surface area contributed by atoms with E-state index in [0.29, 0.717) is 29.0 Å². The summed E-state index contributed by atoms with van der Waals surface area (Å²) in [7, 11) is 0. The molecule has 0 heterocycles. The summed E-state index contributed by atoms with van der Waals surface area (Å²) >= 11 is 12.8. The van der Waals surface area contributed by atoms with E-state index in [0.717, 1.165) is 0 Å². The van der Waals surface area contributed by atoms with E-state index in [2.05, 4.69) is 84.8 Å². The Morgan fingerprint density at radius 2 is 1.00 bits per heavy atom. The van der Waals surface area contributed by atoms with Crippen LogP contribution in [0.2, 0.25) is 0 Å². The number of carbonyl (C=O) groups excluding carboxylic acids is 2. The van der Waals surface area contributed by atoms with E-state index in [1.165, 1.54) is 36.7 Å². The minimum Gasteiger partial charge on any atom is -0.871 e. The Labute approximate surface area is 292 Å². The van der Waals surface area contributed by atoms with Crippen LogP contribution in [0.5, 0.6) is 23.0 Å². The summed E-state index contributed by atoms with van der Waals surface area (Å²) in [6.45, 7) is 0. The molecule has 0 aromatic heterocycles. The maximum Gasteiger partial charge on any atom is 2.00 e. The van der Waals surface area contributed by atoms with Gasteiger partial charge in [0, 0.05) is 17.9 Å². The molecule has 0 fully saturated rings. The topological polar surface area (TPSA) is 169 Å². The summed E-state index contributed by atoms with van der Waals surface area (Å²) in [5.41, 5.74) is 5.35. The average Bonchev–Trinajstić information content (AvgIpc) is 2.94. The molecule has 0 saturated heterocycles. The zero-order valence-electron chi connectivity index (χ0n) is 21.7. The van der Waals surface area contributed by atoms with Crippen LogP contribution in [0.25, 0.3) is 0 Å². The summed E-state index contributed by atoms with van der Waals surface area (Å²) in [6.07, 6.45) is 2.49. The summed E-state index contributed by atoms with van der Waals surface area (Å²) in [6, 6.07) is 18.6. The van der Waals surface area contributed by atoms with Crippen LogP contribution in [0.3, 0.4) is 0 Å². The maximum absolute atomic E-state index is 11.8. The van der Waals surface area contributed by atoms with E-state index >= 15 is 0 Å². The molecule has 2 amide bonds. The summed E-state index contributed by atoms with van der Waals surface area (Å²) in [4.78, 5) is 23.6. The van der Waals surface area contributed by atoms with Gasteiger partial charge in [0.2, 0.25) is 0 Å². The van der Waals surface area contributed by atoms with Crippen molar-refractivity contribution in [3.8, 4) is 23.0 Å². The Morgan fingerprint density at radius 1 is 0.651 bits per heavy atom. The minimum atomic E-state index is -0.564. The van der Waals surface area contributed by atoms with Crippen molar-refractivity contribution >= 4 is 88.0 Å². The van der Waals surface area contributed by atoms with Gasteiger partial charge in [-0.2, -0.15) is 10.2 Å². The number of aromatic hydroxyl groups is 2. The first-order valence-corrected chi connectivity index (χ1v) is 14.7. The summed E-state index contributed by atoms with van der Waals surface area (Å²) < 4.78 is 2.21. The Kier molecular flexibility index (Phi) is 14.5. The molecule has 4 N–H and O–H groups in total. The quantitative estimate of drug-likeness (QED) is 0.113. The van der Waals surface area contributed by atoms with Crippen LogP contribution in [0, 0.1) is 0 Å². The minimum absolute atomic E-state index is 0. The predicted molar refractivity (Wildman–Crippen MR) is 169 cm³/mol. The van der Waals surface area contributed by atoms with Crippen LogP contribution in [-0.4, -0.2) is 34.5 Å². The van der Waals surface area contributed by atoms with E-state index < -0.39 is 11.8 Å². The second-order valence-electron chi connectivity index (χ2n) is 8.04. The fourth-order valence-electron chi connectivity index (χ4n) is 3.12. The SMILES string of the molecule is O=C(N/N=C/c1cc(Br)cc(Br)c1[O-])c1ccccc1O.O=C(N/N=C\c1cc(Br)cc(Br)c1[O-])c1ccccc1O.[Zn+2]. The van der Waals surface area contributed by atoms with Gasteiger partial charge in [-0.1, -0.05) is 99.5 Å². The number of amides is 2. The van der Waals surface area contributed by atoms with Crippen LogP contribution >= 0.6 is 63.7 Å². The molecule has 4 aromatic rings. The van der Waals surface area contributed by atoms with E-state index in [4.69, 9.17) is 0 Å². The van der Waals surface area contributed by atoms with Crippen molar-refractivity contribution in [1.82, 2.24) is 10.9 Å². The van der Waals surface area contributed by atoms with Crippen molar-refractivity contribution in [3.63, 3.8) is 0 Å². The third-order valence-electron chi connectivity index (χ3n) is 5.11. The zero-order chi connectivity index (χ0) is 30.8. The van der Waals surface area contributed by atoms with Gasteiger partial charge in [0.15, 0.2) is 0 Å². The number of hydrogen-bond donors (Lipinski definition) is 4. The van der Waals surface area contributed by atoms with Crippen molar-refractivity contribution in [1.29, 1.82) is 0 Å². The predicted octanol–water partition coefficient (Wildman–Crippen LogP) is 5.51. The van der Waals surface area contributed by atoms with E-state index in [1.54, 1.807) is 48.5 Å². The molecule has 0 spiro atoms. The van der Waals surface area contributed by atoms with E-state index in [1.807, 2.05) is 0 Å². The number of halogens is 4. The van der Waals surface area contributed by atoms with Gasteiger partial charge in [-0.15, -0.1) is 0 Å². The van der Waals surface area contributed by atoms with Gasteiger partial charge in [0.05, 0.1) is 23.6 Å². The van der Waals surface area contributed by atoms with Crippen LogP contribution in [0.15, 0.2) is 101 Å². The molecule has 0 aliphatic rings. The maximum atomic E-state index is 11.8. The van der Waals surface area contributed by atoms with Gasteiger partial charge >= 0.3 is 19.5 Å². The van der Waals surface area contributed by atoms with Gasteiger partial charge in [-0.3, -0.25) is 9.59 Å². The number of nitrogens with one attached hydrogen (secondary N) is 2. The normalized spacial score (nSPS) is 10.5. The van der Waals surface area contributed by atoms with Gasteiger partial charge < -0.3 is 20.4 Å². The number of nitrogens with zero attached hydrogens (tertiary/aromatic N) is 2. The molecule has 43 heavy (non-hydrogen) atoms. The van der Waals surface area contributed by atoms with Crippen molar-refractivity contribution in [3.05, 3.63) is 113 Å². The monoisotopic (exact) mass is 886 g/mol. The fraction of sp³-hybridized carbons (Fsp3) is 0. The van der Waals surface area contributed by atoms with Crippen molar-refractivity contribution < 1.29 is 49.5 Å². The largest absolute Gasteiger partial charge is 2.00 e. The van der Waals surface area contributed by atoms with Crippen LogP contribution in [0.1, 0.15) is 31.8 Å². The molecule has 0 aliphatic carbocycles. The summed E-state index contributed by atoms with van der Waals surface area (Å²) in [5.74, 6) is -1.88. The number of phenolic OH excluding ortho intramolecular Hbond substituents is 2. The molecule has 0 atom stereocenters. The number of carbonyl (C=O) groups is 2. The first kappa shape index (κ1) is 36.1. The second kappa shape index (κ2) is 17.3. The third kappa shape index (κ3) is 10.5. The van der Waals surface area contributed by atoms with Gasteiger partial charge in [-0.25, -0.2) is 10.9 Å². The number of phenols is 2. The molecule has 0 radical (unpaired) electrons. The molecule has 216 valence electrons. The molecular weight excluding hydrogens is 873 g/mol. The van der Waals surface area contributed by atoms with Crippen molar-refractivity contribution in [2.75, 3.05) is 0 Å². The van der Waals surface area contributed by atoms with Crippen molar-refractivity contribution in [2.45, 2.75) is 0 Å². The molecule has 0 unspecified atom stereocenters. The molecule has 4 rings (SSSR count). The first-order chi connectivity index (χ1) is 20.0. The van der Waals surface area contributed by atoms with Gasteiger partial charge in [-0.05, 0) is 59.7 Å². The number of hydrogen-bond acceptors (Lipinski definition) is 8.